The van der Waals surface area contributed by atoms with Gasteiger partial charge in [-0.2, -0.15) is 0 Å². The smallest absolute Gasteiger partial charge is 0.293 e. The zero-order valence-electron chi connectivity index (χ0n) is 18.6. The number of aryl methyl sites for hydroxylation is 1. The summed E-state index contributed by atoms with van der Waals surface area (Å²) in [5.41, 5.74) is 6.38. The Kier molecular flexibility index (Phi) is 6.45. The van der Waals surface area contributed by atoms with Crippen molar-refractivity contribution in [3.05, 3.63) is 92.1 Å². The van der Waals surface area contributed by atoms with Gasteiger partial charge in [0.1, 0.15) is 0 Å². The highest BCUT2D eigenvalue weighted by atomic mass is 79.9. The minimum Gasteiger partial charge on any atom is -0.318 e. The zero-order chi connectivity index (χ0) is 23.0. The van der Waals surface area contributed by atoms with Crippen LogP contribution in [0.15, 0.2) is 64.0 Å². The molecule has 6 heteroatoms. The first kappa shape index (κ1) is 22.6. The van der Waals surface area contributed by atoms with Crippen LogP contribution in [-0.2, 0) is 11.3 Å². The number of amides is 2. The van der Waals surface area contributed by atoms with E-state index in [0.717, 1.165) is 44.4 Å². The lowest BCUT2D eigenvalue weighted by Crippen LogP contribution is -2.27. The molecular formula is C26H25BrN2O2S. The molecule has 0 unspecified atom stereocenters. The number of hydrogen-bond donors (Lipinski definition) is 0. The number of halogens is 1. The van der Waals surface area contributed by atoms with Crippen molar-refractivity contribution in [2.24, 2.45) is 0 Å². The Bertz CT molecular complexity index is 1210. The number of hydrogen-bond acceptors (Lipinski definition) is 3. The summed E-state index contributed by atoms with van der Waals surface area (Å²) in [7, 11) is 0. The van der Waals surface area contributed by atoms with E-state index >= 15 is 0 Å². The van der Waals surface area contributed by atoms with Gasteiger partial charge in [-0.3, -0.25) is 14.5 Å². The largest absolute Gasteiger partial charge is 0.318 e. The summed E-state index contributed by atoms with van der Waals surface area (Å²) in [5, 5.41) is -0.234. The third-order valence-electron chi connectivity index (χ3n) is 5.70. The van der Waals surface area contributed by atoms with Crippen LogP contribution in [0.2, 0.25) is 0 Å². The highest BCUT2D eigenvalue weighted by molar-refractivity contribution is 9.10. The van der Waals surface area contributed by atoms with E-state index in [0.29, 0.717) is 10.8 Å². The van der Waals surface area contributed by atoms with E-state index in [2.05, 4.69) is 71.6 Å². The lowest BCUT2D eigenvalue weighted by Gasteiger charge is -2.12. The molecule has 1 aromatic heterocycles. The van der Waals surface area contributed by atoms with Crippen molar-refractivity contribution in [3.8, 4) is 5.69 Å². The van der Waals surface area contributed by atoms with Crippen LogP contribution in [0.5, 0.6) is 0 Å². The third-order valence-corrected chi connectivity index (χ3v) is 7.14. The minimum absolute atomic E-state index is 0.234. The van der Waals surface area contributed by atoms with Gasteiger partial charge in [-0.25, -0.2) is 0 Å². The molecule has 1 saturated heterocycles. The number of nitrogens with zero attached hydrogens (tertiary/aromatic N) is 2. The van der Waals surface area contributed by atoms with Crippen molar-refractivity contribution in [2.45, 2.75) is 40.2 Å². The van der Waals surface area contributed by atoms with Gasteiger partial charge in [-0.1, -0.05) is 54.0 Å². The quantitative estimate of drug-likeness (QED) is 0.341. The monoisotopic (exact) mass is 508 g/mol. The van der Waals surface area contributed by atoms with Gasteiger partial charge >= 0.3 is 0 Å². The second-order valence-electron chi connectivity index (χ2n) is 8.30. The summed E-state index contributed by atoms with van der Waals surface area (Å²) < 4.78 is 3.15. The normalized spacial score (nSPS) is 15.4. The van der Waals surface area contributed by atoms with Gasteiger partial charge in [-0.15, -0.1) is 0 Å². The standard InChI is InChI=1S/C26H25BrN2O2S/c1-16(2)20-7-11-23(12-8-20)29-17(3)13-21(18(29)4)14-24-25(30)28(26(31)32-24)15-19-5-9-22(27)10-6-19/h5-14,16H,15H2,1-4H3/b24-14-. The second kappa shape index (κ2) is 9.12. The maximum absolute atomic E-state index is 13.0. The Morgan fingerprint density at radius 1 is 1.00 bits per heavy atom. The number of imide groups is 1. The van der Waals surface area contributed by atoms with Crippen LogP contribution in [0, 0.1) is 13.8 Å². The first-order valence-corrected chi connectivity index (χ1v) is 12.1. The highest BCUT2D eigenvalue weighted by Gasteiger charge is 2.35. The fraction of sp³-hybridized carbons (Fsp3) is 0.231. The lowest BCUT2D eigenvalue weighted by atomic mass is 10.0. The summed E-state index contributed by atoms with van der Waals surface area (Å²) in [6.07, 6.45) is 1.84. The molecule has 0 N–H and O–H groups in total. The van der Waals surface area contributed by atoms with Gasteiger partial charge in [0.2, 0.25) is 0 Å². The van der Waals surface area contributed by atoms with Crippen molar-refractivity contribution in [1.82, 2.24) is 9.47 Å². The maximum atomic E-state index is 13.0. The van der Waals surface area contributed by atoms with Gasteiger partial charge in [0.05, 0.1) is 11.4 Å². The second-order valence-corrected chi connectivity index (χ2v) is 10.2. The zero-order valence-corrected chi connectivity index (χ0v) is 21.0. The summed E-state index contributed by atoms with van der Waals surface area (Å²) in [4.78, 5) is 27.3. The summed E-state index contributed by atoms with van der Waals surface area (Å²) in [6, 6.07) is 18.3. The maximum Gasteiger partial charge on any atom is 0.293 e. The summed E-state index contributed by atoms with van der Waals surface area (Å²) in [5.74, 6) is 0.244. The van der Waals surface area contributed by atoms with Crippen LogP contribution in [0.4, 0.5) is 4.79 Å². The molecule has 164 valence electrons. The number of rotatable bonds is 5. The predicted octanol–water partition coefficient (Wildman–Crippen LogP) is 7.22. The van der Waals surface area contributed by atoms with Crippen molar-refractivity contribution in [2.75, 3.05) is 0 Å². The predicted molar refractivity (Wildman–Crippen MR) is 135 cm³/mol. The fourth-order valence-electron chi connectivity index (χ4n) is 3.89. The number of thioether (sulfide) groups is 1. The van der Waals surface area contributed by atoms with E-state index in [-0.39, 0.29) is 17.7 Å². The number of aromatic nitrogens is 1. The molecule has 4 rings (SSSR count). The van der Waals surface area contributed by atoms with Crippen LogP contribution in [-0.4, -0.2) is 20.6 Å². The van der Waals surface area contributed by atoms with Gasteiger partial charge in [0.15, 0.2) is 0 Å². The Morgan fingerprint density at radius 3 is 2.28 bits per heavy atom. The molecule has 0 atom stereocenters. The molecule has 0 saturated carbocycles. The van der Waals surface area contributed by atoms with Gasteiger partial charge in [0, 0.05) is 21.5 Å². The molecule has 1 aliphatic heterocycles. The number of benzene rings is 2. The Morgan fingerprint density at radius 2 is 1.66 bits per heavy atom. The van der Waals surface area contributed by atoms with E-state index in [4.69, 9.17) is 0 Å². The molecule has 0 spiro atoms. The molecule has 1 aliphatic rings. The lowest BCUT2D eigenvalue weighted by molar-refractivity contribution is -0.123. The average molecular weight is 509 g/mol. The SMILES string of the molecule is Cc1cc(/C=C2\SC(=O)N(Cc3ccc(Br)cc3)C2=O)c(C)n1-c1ccc(C(C)C)cc1. The molecule has 3 aromatic rings. The first-order chi connectivity index (χ1) is 15.2. The molecular weight excluding hydrogens is 484 g/mol. The van der Waals surface area contributed by atoms with Gasteiger partial charge < -0.3 is 4.57 Å². The molecule has 2 aromatic carbocycles. The molecule has 0 radical (unpaired) electrons. The number of carbonyl (C=O) groups excluding carboxylic acids is 2. The molecule has 1 fully saturated rings. The molecule has 4 nitrogen and oxygen atoms in total. The minimum atomic E-state index is -0.242. The molecule has 2 amide bonds. The summed E-state index contributed by atoms with van der Waals surface area (Å²) in [6.45, 7) is 8.74. The van der Waals surface area contributed by atoms with E-state index < -0.39 is 0 Å². The molecule has 0 aliphatic carbocycles. The fourth-order valence-corrected chi connectivity index (χ4v) is 4.98. The van der Waals surface area contributed by atoms with Crippen LogP contribution < -0.4 is 0 Å². The van der Waals surface area contributed by atoms with Crippen LogP contribution in [0.3, 0.4) is 0 Å². The van der Waals surface area contributed by atoms with Gasteiger partial charge in [-0.05, 0) is 84.6 Å². The Balaban J connectivity index is 1.60. The number of carbonyl (C=O) groups is 2. The van der Waals surface area contributed by atoms with Crippen molar-refractivity contribution < 1.29 is 9.59 Å². The van der Waals surface area contributed by atoms with Crippen LogP contribution in [0.25, 0.3) is 11.8 Å². The third kappa shape index (κ3) is 4.48. The summed E-state index contributed by atoms with van der Waals surface area (Å²) >= 11 is 4.41. The van der Waals surface area contributed by atoms with E-state index in [1.165, 1.54) is 10.5 Å². The van der Waals surface area contributed by atoms with Gasteiger partial charge in [0.25, 0.3) is 11.1 Å². The van der Waals surface area contributed by atoms with Crippen LogP contribution in [0.1, 0.15) is 47.8 Å². The molecule has 0 bridgehead atoms. The Labute approximate surface area is 201 Å². The first-order valence-electron chi connectivity index (χ1n) is 10.5. The van der Waals surface area contributed by atoms with Crippen molar-refractivity contribution in [3.63, 3.8) is 0 Å². The van der Waals surface area contributed by atoms with E-state index in [9.17, 15) is 9.59 Å². The van der Waals surface area contributed by atoms with Crippen molar-refractivity contribution in [1.29, 1.82) is 0 Å². The Hall–Kier alpha value is -2.57. The van der Waals surface area contributed by atoms with E-state index in [1.54, 1.807) is 0 Å². The molecule has 2 heterocycles. The van der Waals surface area contributed by atoms with Crippen LogP contribution >= 0.6 is 27.7 Å². The average Bonchev–Trinajstić information content (AvgIpc) is 3.19. The molecule has 32 heavy (non-hydrogen) atoms. The van der Waals surface area contributed by atoms with Crippen molar-refractivity contribution >= 4 is 44.9 Å². The van der Waals surface area contributed by atoms with E-state index in [1.807, 2.05) is 37.3 Å². The highest BCUT2D eigenvalue weighted by Crippen LogP contribution is 2.35. The topological polar surface area (TPSA) is 42.3 Å².